The Labute approximate surface area is 160 Å². The van der Waals surface area contributed by atoms with Gasteiger partial charge in [-0.1, -0.05) is 18.2 Å². The maximum absolute atomic E-state index is 5.32. The quantitative estimate of drug-likeness (QED) is 0.436. The molecule has 5 aromatic rings. The highest BCUT2D eigenvalue weighted by atomic mass is 32.1. The van der Waals surface area contributed by atoms with Crippen LogP contribution in [0.15, 0.2) is 78.2 Å². The van der Waals surface area contributed by atoms with Gasteiger partial charge >= 0.3 is 0 Å². The number of aromatic amines is 1. The van der Waals surface area contributed by atoms with Gasteiger partial charge in [0.2, 0.25) is 0 Å². The van der Waals surface area contributed by atoms with Gasteiger partial charge in [0.15, 0.2) is 5.82 Å². The van der Waals surface area contributed by atoms with Gasteiger partial charge in [-0.25, -0.2) is 4.98 Å². The predicted molar refractivity (Wildman–Crippen MR) is 111 cm³/mol. The van der Waals surface area contributed by atoms with E-state index in [9.17, 15) is 0 Å². The molecule has 0 fully saturated rings. The number of ether oxygens (including phenoxy) is 1. The van der Waals surface area contributed by atoms with Crippen molar-refractivity contribution in [1.29, 1.82) is 0 Å². The third-order valence-electron chi connectivity index (χ3n) is 4.62. The fraction of sp³-hybridized carbons (Fsp3) is 0.0455. The van der Waals surface area contributed by atoms with Crippen molar-refractivity contribution in [1.82, 2.24) is 14.5 Å². The Balaban J connectivity index is 1.73. The number of hydrogen-bond acceptors (Lipinski definition) is 3. The Hall–Kier alpha value is -3.31. The second-order valence-corrected chi connectivity index (χ2v) is 7.16. The van der Waals surface area contributed by atoms with Crippen LogP contribution in [0.4, 0.5) is 0 Å². The first-order chi connectivity index (χ1) is 13.3. The van der Waals surface area contributed by atoms with Crippen molar-refractivity contribution in [3.05, 3.63) is 78.2 Å². The van der Waals surface area contributed by atoms with Crippen molar-refractivity contribution >= 4 is 22.4 Å². The van der Waals surface area contributed by atoms with Crippen LogP contribution in [0.3, 0.4) is 0 Å². The van der Waals surface area contributed by atoms with Gasteiger partial charge in [-0.15, -0.1) is 11.3 Å². The number of imidazole rings is 1. The van der Waals surface area contributed by atoms with E-state index < -0.39 is 0 Å². The summed E-state index contributed by atoms with van der Waals surface area (Å²) in [7, 11) is 1.68. The molecule has 2 aromatic carbocycles. The maximum atomic E-state index is 5.32. The van der Waals surface area contributed by atoms with E-state index in [2.05, 4.69) is 51.3 Å². The SMILES string of the molecule is COc1ccc(-n2c(-c3nc4ccccc4[nH]3)ccc2-c2cccs2)cc1. The monoisotopic (exact) mass is 371 g/mol. The average molecular weight is 371 g/mol. The van der Waals surface area contributed by atoms with Gasteiger partial charge in [0, 0.05) is 5.69 Å². The number of nitrogens with zero attached hydrogens (tertiary/aromatic N) is 2. The van der Waals surface area contributed by atoms with Crippen molar-refractivity contribution < 1.29 is 4.74 Å². The number of aromatic nitrogens is 3. The van der Waals surface area contributed by atoms with Crippen LogP contribution in [0, 0.1) is 0 Å². The van der Waals surface area contributed by atoms with E-state index in [1.807, 2.05) is 36.4 Å². The van der Waals surface area contributed by atoms with Gasteiger partial charge in [-0.2, -0.15) is 0 Å². The molecule has 0 atom stereocenters. The molecule has 0 amide bonds. The fourth-order valence-electron chi connectivity index (χ4n) is 3.32. The fourth-order valence-corrected chi connectivity index (χ4v) is 4.06. The van der Waals surface area contributed by atoms with Crippen molar-refractivity contribution in [2.45, 2.75) is 0 Å². The molecule has 1 N–H and O–H groups in total. The smallest absolute Gasteiger partial charge is 0.155 e. The number of benzene rings is 2. The van der Waals surface area contributed by atoms with Gasteiger partial charge in [0.1, 0.15) is 5.75 Å². The van der Waals surface area contributed by atoms with Crippen LogP contribution in [0.2, 0.25) is 0 Å². The van der Waals surface area contributed by atoms with Gasteiger partial charge in [-0.3, -0.25) is 0 Å². The molecule has 3 heterocycles. The second kappa shape index (κ2) is 6.45. The minimum Gasteiger partial charge on any atom is -0.497 e. The molecule has 0 aliphatic carbocycles. The van der Waals surface area contributed by atoms with Gasteiger partial charge in [0.25, 0.3) is 0 Å². The number of para-hydroxylation sites is 2. The lowest BCUT2D eigenvalue weighted by Crippen LogP contribution is -1.99. The lowest BCUT2D eigenvalue weighted by Gasteiger charge is -2.12. The molecule has 0 aliphatic heterocycles. The first-order valence-corrected chi connectivity index (χ1v) is 9.56. The minimum atomic E-state index is 0.842. The Kier molecular flexibility index (Phi) is 3.80. The lowest BCUT2D eigenvalue weighted by molar-refractivity contribution is 0.415. The summed E-state index contributed by atoms with van der Waals surface area (Å²) in [6.45, 7) is 0. The number of fused-ring (bicyclic) bond motifs is 1. The molecular weight excluding hydrogens is 354 g/mol. The van der Waals surface area contributed by atoms with E-state index in [0.717, 1.165) is 39.7 Å². The molecule has 0 saturated carbocycles. The predicted octanol–water partition coefficient (Wildman–Crippen LogP) is 5.76. The highest BCUT2D eigenvalue weighted by Crippen LogP contribution is 2.34. The number of thiophene rings is 1. The Morgan fingerprint density at radius 1 is 0.889 bits per heavy atom. The molecule has 5 heteroatoms. The largest absolute Gasteiger partial charge is 0.497 e. The van der Waals surface area contributed by atoms with Crippen LogP contribution in [0.1, 0.15) is 0 Å². The average Bonchev–Trinajstić information content (AvgIpc) is 3.45. The molecular formula is C22H17N3OS. The third kappa shape index (κ3) is 2.73. The molecule has 132 valence electrons. The second-order valence-electron chi connectivity index (χ2n) is 6.22. The summed E-state index contributed by atoms with van der Waals surface area (Å²) in [5.41, 5.74) is 5.24. The standard InChI is InChI=1S/C22H17N3OS/c1-26-16-10-8-15(9-11-16)25-19(21-7-4-14-27-21)12-13-20(25)22-23-17-5-2-3-6-18(17)24-22/h2-14H,1H3,(H,23,24). The highest BCUT2D eigenvalue weighted by molar-refractivity contribution is 7.13. The zero-order chi connectivity index (χ0) is 18.2. The zero-order valence-corrected chi connectivity index (χ0v) is 15.5. The van der Waals surface area contributed by atoms with Crippen molar-refractivity contribution in [3.8, 4) is 33.5 Å². The van der Waals surface area contributed by atoms with Crippen LogP contribution < -0.4 is 4.74 Å². The Bertz CT molecular complexity index is 1170. The molecule has 5 rings (SSSR count). The van der Waals surface area contributed by atoms with Crippen LogP contribution in [0.25, 0.3) is 38.8 Å². The number of nitrogens with one attached hydrogen (secondary N) is 1. The summed E-state index contributed by atoms with van der Waals surface area (Å²) in [4.78, 5) is 9.47. The summed E-state index contributed by atoms with van der Waals surface area (Å²) in [6, 6.07) is 24.7. The van der Waals surface area contributed by atoms with E-state index in [1.165, 1.54) is 4.88 Å². The summed E-state index contributed by atoms with van der Waals surface area (Å²) in [5.74, 6) is 1.70. The molecule has 0 aliphatic rings. The van der Waals surface area contributed by atoms with Crippen LogP contribution in [-0.4, -0.2) is 21.6 Å². The number of rotatable bonds is 4. The Morgan fingerprint density at radius 2 is 1.70 bits per heavy atom. The molecule has 0 bridgehead atoms. The minimum absolute atomic E-state index is 0.842. The molecule has 3 aromatic heterocycles. The number of hydrogen-bond donors (Lipinski definition) is 1. The van der Waals surface area contributed by atoms with Crippen molar-refractivity contribution in [2.75, 3.05) is 7.11 Å². The van der Waals surface area contributed by atoms with E-state index in [4.69, 9.17) is 9.72 Å². The first-order valence-electron chi connectivity index (χ1n) is 8.68. The van der Waals surface area contributed by atoms with E-state index >= 15 is 0 Å². The molecule has 27 heavy (non-hydrogen) atoms. The number of H-pyrrole nitrogens is 1. The topological polar surface area (TPSA) is 42.8 Å². The summed E-state index contributed by atoms with van der Waals surface area (Å²) >= 11 is 1.73. The molecule has 0 radical (unpaired) electrons. The molecule has 0 saturated heterocycles. The van der Waals surface area contributed by atoms with E-state index in [-0.39, 0.29) is 0 Å². The summed E-state index contributed by atoms with van der Waals surface area (Å²) in [5, 5.41) is 2.10. The lowest BCUT2D eigenvalue weighted by atomic mass is 10.2. The normalized spacial score (nSPS) is 11.1. The van der Waals surface area contributed by atoms with E-state index in [0.29, 0.717) is 0 Å². The molecule has 0 unspecified atom stereocenters. The maximum Gasteiger partial charge on any atom is 0.155 e. The van der Waals surface area contributed by atoms with E-state index in [1.54, 1.807) is 18.4 Å². The van der Waals surface area contributed by atoms with Gasteiger partial charge in [-0.05, 0) is 60.0 Å². The van der Waals surface area contributed by atoms with Gasteiger partial charge < -0.3 is 14.3 Å². The van der Waals surface area contributed by atoms with Crippen molar-refractivity contribution in [2.24, 2.45) is 0 Å². The first kappa shape index (κ1) is 15.9. The van der Waals surface area contributed by atoms with Gasteiger partial charge in [0.05, 0.1) is 34.4 Å². The zero-order valence-electron chi connectivity index (χ0n) is 14.7. The summed E-state index contributed by atoms with van der Waals surface area (Å²) in [6.07, 6.45) is 0. The van der Waals surface area contributed by atoms with Crippen LogP contribution >= 0.6 is 11.3 Å². The molecule has 0 spiro atoms. The van der Waals surface area contributed by atoms with Crippen molar-refractivity contribution in [3.63, 3.8) is 0 Å². The molecule has 4 nitrogen and oxygen atoms in total. The van der Waals surface area contributed by atoms with Crippen LogP contribution in [-0.2, 0) is 0 Å². The third-order valence-corrected chi connectivity index (χ3v) is 5.51. The highest BCUT2D eigenvalue weighted by Gasteiger charge is 2.17. The van der Waals surface area contributed by atoms with Crippen LogP contribution in [0.5, 0.6) is 5.75 Å². The number of methoxy groups -OCH3 is 1. The Morgan fingerprint density at radius 3 is 2.44 bits per heavy atom. The summed E-state index contributed by atoms with van der Waals surface area (Å²) < 4.78 is 7.56.